The van der Waals surface area contributed by atoms with E-state index >= 15 is 0 Å². The maximum Gasteiger partial charge on any atom is 0.311 e. The van der Waals surface area contributed by atoms with Crippen molar-refractivity contribution in [1.29, 1.82) is 0 Å². The first-order chi connectivity index (χ1) is 8.83. The van der Waals surface area contributed by atoms with Gasteiger partial charge in [0.2, 0.25) is 0 Å². The number of nitrogens with zero attached hydrogens (tertiary/aromatic N) is 1. The summed E-state index contributed by atoms with van der Waals surface area (Å²) in [5, 5.41) is 0. The molecule has 6 nitrogen and oxygen atoms in total. The summed E-state index contributed by atoms with van der Waals surface area (Å²) in [7, 11) is 0.0848. The zero-order chi connectivity index (χ0) is 16.0. The fraction of sp³-hybridized carbons (Fsp3) is 0.923. The fourth-order valence-electron chi connectivity index (χ4n) is 1.66. The molecule has 0 aliphatic rings. The lowest BCUT2D eigenvalue weighted by Crippen LogP contribution is -2.42. The Balaban J connectivity index is 3.91. The first-order valence-corrected chi connectivity index (χ1v) is 8.39. The minimum absolute atomic E-state index is 0.214. The quantitative estimate of drug-likeness (QED) is 0.316. The molecule has 0 fully saturated rings. The van der Waals surface area contributed by atoms with Crippen LogP contribution in [0.2, 0.25) is 0 Å². The maximum absolute atomic E-state index is 11.5. The van der Waals surface area contributed by atoms with Crippen LogP contribution in [-0.2, 0) is 19.6 Å². The second kappa shape index (κ2) is 7.38. The number of hydrogen-bond donors (Lipinski definition) is 1. The summed E-state index contributed by atoms with van der Waals surface area (Å²) in [6.07, 6.45) is 1.13. The Morgan fingerprint density at radius 3 is 2.10 bits per heavy atom. The molecule has 0 saturated heterocycles. The van der Waals surface area contributed by atoms with Gasteiger partial charge in [-0.3, -0.25) is 9.35 Å². The van der Waals surface area contributed by atoms with Crippen LogP contribution in [0, 0.1) is 5.41 Å². The standard InChI is InChI=1S/C13H27NO5S/c1-13(2,3)12(15)19-10-6-8-14(4,5)9-7-11-20(16,17)18/h6-11H2,1-5H3/p+1. The second-order valence-electron chi connectivity index (χ2n) is 6.76. The van der Waals surface area contributed by atoms with E-state index in [2.05, 4.69) is 0 Å². The molecule has 0 unspecified atom stereocenters. The molecule has 0 rings (SSSR count). The summed E-state index contributed by atoms with van der Waals surface area (Å²) in [6.45, 7) is 7.23. The molecule has 0 saturated carbocycles. The number of ether oxygens (including phenoxy) is 1. The van der Waals surface area contributed by atoms with Gasteiger partial charge in [-0.1, -0.05) is 0 Å². The summed E-state index contributed by atoms with van der Waals surface area (Å²) >= 11 is 0. The average molecular weight is 310 g/mol. The third-order valence-corrected chi connectivity index (χ3v) is 3.72. The van der Waals surface area contributed by atoms with E-state index in [1.165, 1.54) is 0 Å². The number of esters is 1. The van der Waals surface area contributed by atoms with Crippen LogP contribution in [0.5, 0.6) is 0 Å². The molecule has 0 aliphatic heterocycles. The van der Waals surface area contributed by atoms with Crippen molar-refractivity contribution >= 4 is 16.1 Å². The van der Waals surface area contributed by atoms with Crippen molar-refractivity contribution in [3.63, 3.8) is 0 Å². The van der Waals surface area contributed by atoms with Crippen molar-refractivity contribution in [2.75, 3.05) is 39.5 Å². The van der Waals surface area contributed by atoms with Crippen LogP contribution in [0.15, 0.2) is 0 Å². The molecule has 0 spiro atoms. The summed E-state index contributed by atoms with van der Waals surface area (Å²) < 4.78 is 35.8. The van der Waals surface area contributed by atoms with Gasteiger partial charge in [0.05, 0.1) is 45.0 Å². The van der Waals surface area contributed by atoms with Crippen LogP contribution in [-0.4, -0.2) is 63.0 Å². The van der Waals surface area contributed by atoms with Crippen molar-refractivity contribution in [3.8, 4) is 0 Å². The molecule has 1 N–H and O–H groups in total. The number of hydrogen-bond acceptors (Lipinski definition) is 4. The van der Waals surface area contributed by atoms with Gasteiger partial charge >= 0.3 is 5.97 Å². The van der Waals surface area contributed by atoms with Gasteiger partial charge in [-0.15, -0.1) is 0 Å². The van der Waals surface area contributed by atoms with Crippen molar-refractivity contribution in [2.45, 2.75) is 33.6 Å². The van der Waals surface area contributed by atoms with E-state index in [9.17, 15) is 13.2 Å². The summed E-state index contributed by atoms with van der Waals surface area (Å²) in [5.74, 6) is -0.428. The van der Waals surface area contributed by atoms with Crippen molar-refractivity contribution in [1.82, 2.24) is 0 Å². The largest absolute Gasteiger partial charge is 0.465 e. The molecular weight excluding hydrogens is 282 g/mol. The van der Waals surface area contributed by atoms with Crippen LogP contribution in [0.25, 0.3) is 0 Å². The number of quaternary nitrogens is 1. The van der Waals surface area contributed by atoms with Crippen molar-refractivity contribution < 1.29 is 27.0 Å². The van der Waals surface area contributed by atoms with Crippen molar-refractivity contribution in [3.05, 3.63) is 0 Å². The average Bonchev–Trinajstić information content (AvgIpc) is 2.20. The topological polar surface area (TPSA) is 80.7 Å². The molecule has 0 heterocycles. The lowest BCUT2D eigenvalue weighted by molar-refractivity contribution is -0.890. The van der Waals surface area contributed by atoms with Crippen molar-refractivity contribution in [2.24, 2.45) is 5.41 Å². The molecule has 7 heteroatoms. The predicted molar refractivity (Wildman–Crippen MR) is 77.9 cm³/mol. The van der Waals surface area contributed by atoms with Gasteiger partial charge in [0.25, 0.3) is 10.1 Å². The van der Waals surface area contributed by atoms with Gasteiger partial charge in [-0.2, -0.15) is 8.42 Å². The molecule has 0 amide bonds. The molecule has 0 bridgehead atoms. The van der Waals surface area contributed by atoms with Gasteiger partial charge < -0.3 is 9.22 Å². The van der Waals surface area contributed by atoms with Crippen LogP contribution in [0.4, 0.5) is 0 Å². The van der Waals surface area contributed by atoms with Gasteiger partial charge in [-0.25, -0.2) is 0 Å². The maximum atomic E-state index is 11.5. The smallest absolute Gasteiger partial charge is 0.311 e. The Hall–Kier alpha value is -0.660. The van der Waals surface area contributed by atoms with Crippen LogP contribution in [0.3, 0.4) is 0 Å². The molecule has 0 aromatic rings. The fourth-order valence-corrected chi connectivity index (χ4v) is 2.15. The molecule has 0 aromatic heterocycles. The van der Waals surface area contributed by atoms with E-state index in [-0.39, 0.29) is 11.7 Å². The zero-order valence-corrected chi connectivity index (χ0v) is 14.0. The van der Waals surface area contributed by atoms with Crippen LogP contribution < -0.4 is 0 Å². The first-order valence-electron chi connectivity index (χ1n) is 6.78. The van der Waals surface area contributed by atoms with E-state index in [1.807, 2.05) is 34.9 Å². The number of rotatable bonds is 8. The van der Waals surface area contributed by atoms with Crippen LogP contribution in [0.1, 0.15) is 33.6 Å². The molecular formula is C13H28NO5S+. The second-order valence-corrected chi connectivity index (χ2v) is 8.33. The van der Waals surface area contributed by atoms with Gasteiger partial charge in [0.1, 0.15) is 0 Å². The molecule has 0 atom stereocenters. The first kappa shape index (κ1) is 19.3. The Labute approximate surface area is 122 Å². The highest BCUT2D eigenvalue weighted by atomic mass is 32.2. The van der Waals surface area contributed by atoms with Gasteiger partial charge in [0.15, 0.2) is 0 Å². The Bertz CT molecular complexity index is 409. The minimum Gasteiger partial charge on any atom is -0.465 e. The summed E-state index contributed by atoms with van der Waals surface area (Å²) in [5.41, 5.74) is -0.486. The van der Waals surface area contributed by atoms with E-state index in [1.54, 1.807) is 0 Å². The lowest BCUT2D eigenvalue weighted by atomic mass is 9.97. The molecule has 120 valence electrons. The third kappa shape index (κ3) is 10.2. The van der Waals surface area contributed by atoms with Crippen LogP contribution >= 0.6 is 0 Å². The van der Waals surface area contributed by atoms with E-state index < -0.39 is 15.5 Å². The highest BCUT2D eigenvalue weighted by Crippen LogP contribution is 2.15. The highest BCUT2D eigenvalue weighted by Gasteiger charge is 2.23. The third-order valence-electron chi connectivity index (χ3n) is 2.92. The highest BCUT2D eigenvalue weighted by molar-refractivity contribution is 7.85. The summed E-state index contributed by atoms with van der Waals surface area (Å²) in [4.78, 5) is 11.5. The van der Waals surface area contributed by atoms with Gasteiger partial charge in [-0.05, 0) is 20.8 Å². The monoisotopic (exact) mass is 310 g/mol. The normalized spacial score (nSPS) is 13.3. The molecule has 0 aliphatic carbocycles. The number of carbonyl (C=O) groups excluding carboxylic acids is 1. The Kier molecular flexibility index (Phi) is 7.13. The lowest BCUT2D eigenvalue weighted by Gasteiger charge is -2.29. The summed E-state index contributed by atoms with van der Waals surface area (Å²) in [6, 6.07) is 0. The molecule has 0 radical (unpaired) electrons. The Morgan fingerprint density at radius 2 is 1.65 bits per heavy atom. The Morgan fingerprint density at radius 1 is 1.15 bits per heavy atom. The van der Waals surface area contributed by atoms with E-state index in [0.717, 1.165) is 13.0 Å². The van der Waals surface area contributed by atoms with E-state index in [0.29, 0.717) is 24.1 Å². The molecule has 20 heavy (non-hydrogen) atoms. The SMILES string of the molecule is CC(C)(C)C(=O)OCCC[N+](C)(C)CCCS(=O)(=O)O. The minimum atomic E-state index is -3.88. The van der Waals surface area contributed by atoms with E-state index in [4.69, 9.17) is 9.29 Å². The zero-order valence-electron chi connectivity index (χ0n) is 13.2. The van der Waals surface area contributed by atoms with Gasteiger partial charge in [0, 0.05) is 12.8 Å². The molecule has 0 aromatic carbocycles. The number of carbonyl (C=O) groups is 1. The predicted octanol–water partition coefficient (Wildman–Crippen LogP) is 1.32.